The van der Waals surface area contributed by atoms with Gasteiger partial charge >= 0.3 is 0 Å². The van der Waals surface area contributed by atoms with Crippen molar-refractivity contribution in [2.24, 2.45) is 0 Å². The molecule has 1 amide bonds. The molecular weight excluding hydrogens is 292 g/mol. The first kappa shape index (κ1) is 14.9. The summed E-state index contributed by atoms with van der Waals surface area (Å²) in [5.74, 6) is 0.966. The summed E-state index contributed by atoms with van der Waals surface area (Å²) in [6.45, 7) is 3.33. The molecule has 2 aliphatic heterocycles. The molecule has 3 atom stereocenters. The summed E-state index contributed by atoms with van der Waals surface area (Å²) in [6.07, 6.45) is -0.603. The zero-order chi connectivity index (χ0) is 15.7. The number of alkyl halides is 2. The molecule has 0 bridgehead atoms. The van der Waals surface area contributed by atoms with Gasteiger partial charge in [0, 0.05) is 19.2 Å². The van der Waals surface area contributed by atoms with Gasteiger partial charge in [0.1, 0.15) is 24.0 Å². The van der Waals surface area contributed by atoms with Crippen molar-refractivity contribution in [3.63, 3.8) is 0 Å². The van der Waals surface area contributed by atoms with Gasteiger partial charge < -0.3 is 15.1 Å². The van der Waals surface area contributed by atoms with Crippen molar-refractivity contribution in [1.29, 1.82) is 0 Å². The smallest absolute Gasteiger partial charge is 0.244 e. The molecule has 1 aromatic heterocycles. The quantitative estimate of drug-likeness (QED) is 0.899. The number of nitrogens with zero attached hydrogens (tertiary/aromatic N) is 4. The lowest BCUT2D eigenvalue weighted by atomic mass is 10.2. The van der Waals surface area contributed by atoms with Crippen LogP contribution < -0.4 is 10.2 Å². The van der Waals surface area contributed by atoms with Crippen LogP contribution in [0.5, 0.6) is 0 Å². The molecule has 120 valence electrons. The van der Waals surface area contributed by atoms with E-state index in [-0.39, 0.29) is 19.0 Å². The fourth-order valence-electron chi connectivity index (χ4n) is 2.60. The summed E-state index contributed by atoms with van der Waals surface area (Å²) in [5, 5.41) is 3.02. The van der Waals surface area contributed by atoms with E-state index in [1.807, 2.05) is 0 Å². The van der Waals surface area contributed by atoms with E-state index in [4.69, 9.17) is 0 Å². The van der Waals surface area contributed by atoms with Crippen LogP contribution in [0.15, 0.2) is 12.4 Å². The van der Waals surface area contributed by atoms with Gasteiger partial charge in [0.25, 0.3) is 0 Å². The number of aromatic nitrogens is 2. The van der Waals surface area contributed by atoms with Crippen LogP contribution in [0.2, 0.25) is 0 Å². The number of nitrogens with one attached hydrogen (secondary N) is 1. The lowest BCUT2D eigenvalue weighted by Crippen LogP contribution is -2.48. The van der Waals surface area contributed by atoms with Crippen LogP contribution in [0.4, 0.5) is 20.4 Å². The molecule has 0 aromatic carbocycles. The third kappa shape index (κ3) is 2.95. The summed E-state index contributed by atoms with van der Waals surface area (Å²) in [7, 11) is 0. The Labute approximate surface area is 127 Å². The van der Waals surface area contributed by atoms with Gasteiger partial charge in [0.15, 0.2) is 12.3 Å². The Balaban J connectivity index is 1.65. The highest BCUT2D eigenvalue weighted by Gasteiger charge is 2.33. The maximum atomic E-state index is 13.3. The molecule has 2 aliphatic rings. The van der Waals surface area contributed by atoms with E-state index in [1.165, 1.54) is 6.33 Å². The van der Waals surface area contributed by atoms with Crippen molar-refractivity contribution in [1.82, 2.24) is 14.9 Å². The lowest BCUT2D eigenvalue weighted by Gasteiger charge is -2.33. The second-order valence-corrected chi connectivity index (χ2v) is 5.74. The van der Waals surface area contributed by atoms with E-state index in [2.05, 4.69) is 15.3 Å². The fraction of sp³-hybridized carbons (Fsp3) is 0.643. The van der Waals surface area contributed by atoms with E-state index >= 15 is 0 Å². The summed E-state index contributed by atoms with van der Waals surface area (Å²) in [4.78, 5) is 23.5. The SMILES string of the molecule is C[C@@H](Nc1cc(N2CC(F)C(F)C2)ncn1)C(=O)N1CCC1. The molecule has 2 saturated heterocycles. The van der Waals surface area contributed by atoms with Crippen molar-refractivity contribution in [3.8, 4) is 0 Å². The average molecular weight is 311 g/mol. The molecule has 0 spiro atoms. The molecular formula is C14H19F2N5O. The Morgan fingerprint density at radius 2 is 2.00 bits per heavy atom. The van der Waals surface area contributed by atoms with Gasteiger partial charge in [-0.25, -0.2) is 18.7 Å². The number of carbonyl (C=O) groups is 1. The van der Waals surface area contributed by atoms with Gasteiger partial charge in [-0.1, -0.05) is 0 Å². The second kappa shape index (κ2) is 6.02. The zero-order valence-corrected chi connectivity index (χ0v) is 12.4. The van der Waals surface area contributed by atoms with Gasteiger partial charge in [0.05, 0.1) is 13.1 Å². The summed E-state index contributed by atoms with van der Waals surface area (Å²) in [5.41, 5.74) is 0. The Kier molecular flexibility index (Phi) is 4.08. The van der Waals surface area contributed by atoms with E-state index in [0.29, 0.717) is 11.6 Å². The highest BCUT2D eigenvalue weighted by molar-refractivity contribution is 5.84. The van der Waals surface area contributed by atoms with Gasteiger partial charge in [0.2, 0.25) is 5.91 Å². The van der Waals surface area contributed by atoms with E-state index in [9.17, 15) is 13.6 Å². The molecule has 6 nitrogen and oxygen atoms in total. The van der Waals surface area contributed by atoms with Crippen LogP contribution in [0.25, 0.3) is 0 Å². The molecule has 3 heterocycles. The zero-order valence-electron chi connectivity index (χ0n) is 12.4. The average Bonchev–Trinajstić information content (AvgIpc) is 2.77. The van der Waals surface area contributed by atoms with Crippen LogP contribution >= 0.6 is 0 Å². The molecule has 1 N–H and O–H groups in total. The van der Waals surface area contributed by atoms with Gasteiger partial charge in [-0.3, -0.25) is 4.79 Å². The summed E-state index contributed by atoms with van der Waals surface area (Å²) < 4.78 is 26.6. The van der Waals surface area contributed by atoms with Crippen molar-refractivity contribution in [2.45, 2.75) is 31.7 Å². The molecule has 2 unspecified atom stereocenters. The van der Waals surface area contributed by atoms with Crippen molar-refractivity contribution in [2.75, 3.05) is 36.4 Å². The maximum absolute atomic E-state index is 13.3. The number of anilines is 2. The minimum absolute atomic E-state index is 0.0140. The van der Waals surface area contributed by atoms with Gasteiger partial charge in [-0.05, 0) is 13.3 Å². The molecule has 0 saturated carbocycles. The van der Waals surface area contributed by atoms with Crippen molar-refractivity contribution in [3.05, 3.63) is 12.4 Å². The normalized spacial score (nSPS) is 25.8. The van der Waals surface area contributed by atoms with Gasteiger partial charge in [-0.2, -0.15) is 0 Å². The standard InChI is InChI=1S/C14H19F2N5O/c1-9(14(22)20-3-2-4-20)19-12-5-13(18-8-17-12)21-6-10(15)11(16)7-21/h5,8-11H,2-4,6-7H2,1H3,(H,17,18,19)/t9-,10?,11?/m1/s1. The second-order valence-electron chi connectivity index (χ2n) is 5.74. The Bertz CT molecular complexity index is 544. The molecule has 22 heavy (non-hydrogen) atoms. The van der Waals surface area contributed by atoms with E-state index in [0.717, 1.165) is 19.5 Å². The molecule has 0 radical (unpaired) electrons. The number of likely N-dealkylation sites (tertiary alicyclic amines) is 1. The van der Waals surface area contributed by atoms with Crippen LogP contribution in [-0.2, 0) is 4.79 Å². The largest absolute Gasteiger partial charge is 0.358 e. The monoisotopic (exact) mass is 311 g/mol. The Morgan fingerprint density at radius 3 is 2.59 bits per heavy atom. The number of carbonyl (C=O) groups excluding carboxylic acids is 1. The van der Waals surface area contributed by atoms with E-state index < -0.39 is 18.4 Å². The van der Waals surface area contributed by atoms with E-state index in [1.54, 1.807) is 22.8 Å². The minimum atomic E-state index is -1.49. The first-order chi connectivity index (χ1) is 10.5. The van der Waals surface area contributed by atoms with Crippen LogP contribution in [0.1, 0.15) is 13.3 Å². The predicted octanol–water partition coefficient (Wildman–Crippen LogP) is 1.01. The predicted molar refractivity (Wildman–Crippen MR) is 78.3 cm³/mol. The molecule has 3 rings (SSSR count). The number of rotatable bonds is 4. The first-order valence-corrected chi connectivity index (χ1v) is 7.45. The third-order valence-corrected chi connectivity index (χ3v) is 4.06. The Morgan fingerprint density at radius 1 is 1.32 bits per heavy atom. The molecule has 8 heteroatoms. The number of amides is 1. The number of halogens is 2. The summed E-state index contributed by atoms with van der Waals surface area (Å²) in [6, 6.07) is 1.22. The highest BCUT2D eigenvalue weighted by Crippen LogP contribution is 2.23. The molecule has 0 aliphatic carbocycles. The highest BCUT2D eigenvalue weighted by atomic mass is 19.2. The molecule has 1 aromatic rings. The van der Waals surface area contributed by atoms with Crippen molar-refractivity contribution < 1.29 is 13.6 Å². The van der Waals surface area contributed by atoms with Crippen molar-refractivity contribution >= 4 is 17.5 Å². The number of hydrogen-bond donors (Lipinski definition) is 1. The minimum Gasteiger partial charge on any atom is -0.358 e. The molecule has 2 fully saturated rings. The van der Waals surface area contributed by atoms with Crippen LogP contribution in [0.3, 0.4) is 0 Å². The topological polar surface area (TPSA) is 61.4 Å². The van der Waals surface area contributed by atoms with Crippen LogP contribution in [-0.4, -0.2) is 65.3 Å². The number of hydrogen-bond acceptors (Lipinski definition) is 5. The fourth-order valence-corrected chi connectivity index (χ4v) is 2.60. The maximum Gasteiger partial charge on any atom is 0.244 e. The third-order valence-electron chi connectivity index (χ3n) is 4.06. The Hall–Kier alpha value is -1.99. The summed E-state index contributed by atoms with van der Waals surface area (Å²) >= 11 is 0. The first-order valence-electron chi connectivity index (χ1n) is 7.45. The lowest BCUT2D eigenvalue weighted by molar-refractivity contribution is -0.135. The van der Waals surface area contributed by atoms with Crippen LogP contribution in [0, 0.1) is 0 Å². The van der Waals surface area contributed by atoms with Gasteiger partial charge in [-0.15, -0.1) is 0 Å².